The molecule has 0 unspecified atom stereocenters. The molecule has 3 nitrogen and oxygen atoms in total. The number of H-pyrrole nitrogens is 1. The molecule has 0 radical (unpaired) electrons. The summed E-state index contributed by atoms with van der Waals surface area (Å²) in [5.74, 6) is 0. The predicted octanol–water partition coefficient (Wildman–Crippen LogP) is 0.541. The predicted molar refractivity (Wildman–Crippen MR) is 33.0 cm³/mol. The Balaban J connectivity index is 2.38. The van der Waals surface area contributed by atoms with Crippen molar-refractivity contribution in [2.24, 2.45) is 0 Å². The molecule has 0 saturated carbocycles. The van der Waals surface area contributed by atoms with Gasteiger partial charge < -0.3 is 4.79 Å². The maximum absolute atomic E-state index is 9.87. The third-order valence-electron chi connectivity index (χ3n) is 1.11. The van der Waals surface area contributed by atoms with Gasteiger partial charge in [-0.25, -0.2) is 0 Å². The maximum atomic E-state index is 9.87. The van der Waals surface area contributed by atoms with E-state index in [1.165, 1.54) is 0 Å². The topological polar surface area (TPSA) is 45.8 Å². The molecule has 0 aliphatic heterocycles. The van der Waals surface area contributed by atoms with E-state index >= 15 is 0 Å². The van der Waals surface area contributed by atoms with Crippen molar-refractivity contribution in [3.63, 3.8) is 0 Å². The Bertz CT molecular complexity index is 169. The number of nitrogens with zero attached hydrogens (tertiary/aromatic N) is 1. The van der Waals surface area contributed by atoms with Crippen molar-refractivity contribution in [2.75, 3.05) is 0 Å². The maximum Gasteiger partial charge on any atom is 0.120 e. The van der Waals surface area contributed by atoms with Gasteiger partial charge >= 0.3 is 0 Å². The van der Waals surface area contributed by atoms with Gasteiger partial charge in [-0.05, 0) is 12.0 Å². The Kier molecular flexibility index (Phi) is 2.01. The molecule has 0 spiro atoms. The molecule has 0 aliphatic carbocycles. The third kappa shape index (κ3) is 1.68. The average molecular weight is 124 g/mol. The molecule has 1 N–H and O–H groups in total. The summed E-state index contributed by atoms with van der Waals surface area (Å²) in [5, 5.41) is 6.41. The molecule has 1 aromatic heterocycles. The van der Waals surface area contributed by atoms with Gasteiger partial charge in [0, 0.05) is 12.6 Å². The summed E-state index contributed by atoms with van der Waals surface area (Å²) in [6, 6.07) is 0. The molecule has 9 heavy (non-hydrogen) atoms. The molecule has 0 fully saturated rings. The first kappa shape index (κ1) is 6.01. The van der Waals surface area contributed by atoms with Gasteiger partial charge in [-0.1, -0.05) is 0 Å². The van der Waals surface area contributed by atoms with Crippen LogP contribution < -0.4 is 0 Å². The minimum atomic E-state index is 0.583. The monoisotopic (exact) mass is 124 g/mol. The third-order valence-corrected chi connectivity index (χ3v) is 1.11. The van der Waals surface area contributed by atoms with Gasteiger partial charge in [-0.15, -0.1) is 0 Å². The fourth-order valence-electron chi connectivity index (χ4n) is 0.640. The lowest BCUT2D eigenvalue weighted by atomic mass is 10.2. The largest absolute Gasteiger partial charge is 0.303 e. The number of hydrogen-bond acceptors (Lipinski definition) is 2. The Hall–Kier alpha value is -1.12. The van der Waals surface area contributed by atoms with Crippen molar-refractivity contribution in [1.82, 2.24) is 10.2 Å². The summed E-state index contributed by atoms with van der Waals surface area (Å²) < 4.78 is 0. The standard InChI is InChI=1S/C6H8N2O/c9-3-1-2-6-4-7-8-5-6/h3-5H,1-2H2,(H,7,8). The van der Waals surface area contributed by atoms with Crippen molar-refractivity contribution < 1.29 is 4.79 Å². The SMILES string of the molecule is O=CCCc1cn[nH]c1. The highest BCUT2D eigenvalue weighted by molar-refractivity contribution is 5.49. The van der Waals surface area contributed by atoms with E-state index in [2.05, 4.69) is 10.2 Å². The normalized spacial score (nSPS) is 9.33. The van der Waals surface area contributed by atoms with Crippen LogP contribution >= 0.6 is 0 Å². The molecule has 0 atom stereocenters. The van der Waals surface area contributed by atoms with Gasteiger partial charge in [0.05, 0.1) is 6.20 Å². The van der Waals surface area contributed by atoms with Crippen molar-refractivity contribution in [2.45, 2.75) is 12.8 Å². The van der Waals surface area contributed by atoms with Crippen LogP contribution in [0.2, 0.25) is 0 Å². The highest BCUT2D eigenvalue weighted by Crippen LogP contribution is 1.95. The lowest BCUT2D eigenvalue weighted by Crippen LogP contribution is -1.81. The lowest BCUT2D eigenvalue weighted by molar-refractivity contribution is -0.107. The summed E-state index contributed by atoms with van der Waals surface area (Å²) in [4.78, 5) is 9.87. The minimum Gasteiger partial charge on any atom is -0.303 e. The zero-order valence-electron chi connectivity index (χ0n) is 5.00. The van der Waals surface area contributed by atoms with Crippen molar-refractivity contribution >= 4 is 6.29 Å². The van der Waals surface area contributed by atoms with Gasteiger partial charge in [0.15, 0.2) is 0 Å². The second-order valence-electron chi connectivity index (χ2n) is 1.81. The quantitative estimate of drug-likeness (QED) is 0.598. The Labute approximate surface area is 53.1 Å². The molecular weight excluding hydrogens is 116 g/mol. The van der Waals surface area contributed by atoms with Crippen LogP contribution in [0, 0.1) is 0 Å². The fraction of sp³-hybridized carbons (Fsp3) is 0.333. The Morgan fingerprint density at radius 3 is 3.22 bits per heavy atom. The molecule has 1 aromatic rings. The molecule has 3 heteroatoms. The van der Waals surface area contributed by atoms with Crippen LogP contribution in [0.3, 0.4) is 0 Å². The summed E-state index contributed by atoms with van der Waals surface area (Å²) in [5.41, 5.74) is 1.09. The first-order valence-electron chi connectivity index (χ1n) is 2.85. The fourth-order valence-corrected chi connectivity index (χ4v) is 0.640. The number of carbonyl (C=O) groups excluding carboxylic acids is 1. The van der Waals surface area contributed by atoms with Gasteiger partial charge in [0.2, 0.25) is 0 Å². The Morgan fingerprint density at radius 1 is 1.78 bits per heavy atom. The van der Waals surface area contributed by atoms with E-state index in [-0.39, 0.29) is 0 Å². The molecule has 0 aliphatic rings. The zero-order valence-corrected chi connectivity index (χ0v) is 5.00. The molecule has 48 valence electrons. The van der Waals surface area contributed by atoms with E-state index in [9.17, 15) is 4.79 Å². The molecule has 1 heterocycles. The molecule has 0 aromatic carbocycles. The van der Waals surface area contributed by atoms with E-state index in [1.807, 2.05) is 0 Å². The van der Waals surface area contributed by atoms with Gasteiger partial charge in [0.25, 0.3) is 0 Å². The van der Waals surface area contributed by atoms with Crippen LogP contribution in [0.25, 0.3) is 0 Å². The highest BCUT2D eigenvalue weighted by atomic mass is 16.1. The molecule has 0 saturated heterocycles. The highest BCUT2D eigenvalue weighted by Gasteiger charge is 1.90. The first-order chi connectivity index (χ1) is 4.43. The zero-order chi connectivity index (χ0) is 6.53. The smallest absolute Gasteiger partial charge is 0.120 e. The summed E-state index contributed by atoms with van der Waals surface area (Å²) in [7, 11) is 0. The number of hydrogen-bond donors (Lipinski definition) is 1. The summed E-state index contributed by atoms with van der Waals surface area (Å²) >= 11 is 0. The van der Waals surface area contributed by atoms with Gasteiger partial charge in [0.1, 0.15) is 6.29 Å². The molecule has 0 amide bonds. The van der Waals surface area contributed by atoms with Crippen LogP contribution in [0.1, 0.15) is 12.0 Å². The first-order valence-corrected chi connectivity index (χ1v) is 2.85. The van der Waals surface area contributed by atoms with Gasteiger partial charge in [-0.2, -0.15) is 5.10 Å². The van der Waals surface area contributed by atoms with Crippen LogP contribution in [-0.2, 0) is 11.2 Å². The number of rotatable bonds is 3. The number of aryl methyl sites for hydroxylation is 1. The molecular formula is C6H8N2O. The second kappa shape index (κ2) is 3.02. The van der Waals surface area contributed by atoms with E-state index in [0.717, 1.165) is 18.3 Å². The van der Waals surface area contributed by atoms with Crippen LogP contribution in [-0.4, -0.2) is 16.5 Å². The molecule has 1 rings (SSSR count). The van der Waals surface area contributed by atoms with Crippen LogP contribution in [0.5, 0.6) is 0 Å². The second-order valence-corrected chi connectivity index (χ2v) is 1.81. The summed E-state index contributed by atoms with van der Waals surface area (Å²) in [6.07, 6.45) is 5.81. The molecule has 0 bridgehead atoms. The number of aromatic amines is 1. The summed E-state index contributed by atoms with van der Waals surface area (Å²) in [6.45, 7) is 0. The minimum absolute atomic E-state index is 0.583. The van der Waals surface area contributed by atoms with E-state index in [4.69, 9.17) is 0 Å². The van der Waals surface area contributed by atoms with Crippen molar-refractivity contribution in [3.05, 3.63) is 18.0 Å². The van der Waals surface area contributed by atoms with Crippen molar-refractivity contribution in [1.29, 1.82) is 0 Å². The van der Waals surface area contributed by atoms with E-state index in [0.29, 0.717) is 6.42 Å². The van der Waals surface area contributed by atoms with Gasteiger partial charge in [-0.3, -0.25) is 5.10 Å². The number of aldehydes is 1. The van der Waals surface area contributed by atoms with E-state index < -0.39 is 0 Å². The lowest BCUT2D eigenvalue weighted by Gasteiger charge is -1.84. The number of aromatic nitrogens is 2. The average Bonchev–Trinajstić information content (AvgIpc) is 2.34. The van der Waals surface area contributed by atoms with E-state index in [1.54, 1.807) is 12.4 Å². The Morgan fingerprint density at radius 2 is 2.67 bits per heavy atom. The van der Waals surface area contributed by atoms with Crippen LogP contribution in [0.15, 0.2) is 12.4 Å². The number of carbonyl (C=O) groups is 1. The van der Waals surface area contributed by atoms with Crippen molar-refractivity contribution in [3.8, 4) is 0 Å². The van der Waals surface area contributed by atoms with Crippen LogP contribution in [0.4, 0.5) is 0 Å². The number of nitrogens with one attached hydrogen (secondary N) is 1.